The fraction of sp³-hybridized carbons (Fsp3) is 0.438. The molecule has 3 rings (SSSR count). The molecule has 2 aromatic heterocycles. The van der Waals surface area contributed by atoms with Crippen LogP contribution in [0.25, 0.3) is 0 Å². The topological polar surface area (TPSA) is 92.5 Å². The third-order valence-electron chi connectivity index (χ3n) is 3.71. The van der Waals surface area contributed by atoms with Crippen molar-refractivity contribution >= 4 is 11.9 Å². The van der Waals surface area contributed by atoms with Crippen molar-refractivity contribution in [2.24, 2.45) is 0 Å². The molecule has 8 nitrogen and oxygen atoms in total. The largest absolute Gasteiger partial charge is 0.467 e. The summed E-state index contributed by atoms with van der Waals surface area (Å²) in [6, 6.07) is 5.17. The van der Waals surface area contributed by atoms with Crippen molar-refractivity contribution in [3.05, 3.63) is 42.1 Å². The summed E-state index contributed by atoms with van der Waals surface area (Å²) in [6.07, 6.45) is 3.15. The van der Waals surface area contributed by atoms with E-state index in [1.54, 1.807) is 30.7 Å². The van der Waals surface area contributed by atoms with Crippen molar-refractivity contribution in [2.75, 3.05) is 44.7 Å². The molecule has 2 N–H and O–H groups in total. The smallest absolute Gasteiger partial charge is 0.270 e. The number of carbonyl (C=O) groups excluding carboxylic acids is 1. The van der Waals surface area contributed by atoms with Crippen LogP contribution in [-0.2, 0) is 11.3 Å². The third-order valence-corrected chi connectivity index (χ3v) is 3.71. The number of aromatic nitrogens is 2. The van der Waals surface area contributed by atoms with E-state index in [0.29, 0.717) is 23.9 Å². The van der Waals surface area contributed by atoms with Gasteiger partial charge in [0.15, 0.2) is 0 Å². The molecule has 128 valence electrons. The van der Waals surface area contributed by atoms with Crippen molar-refractivity contribution in [1.29, 1.82) is 0 Å². The van der Waals surface area contributed by atoms with E-state index >= 15 is 0 Å². The first-order chi connectivity index (χ1) is 11.8. The summed E-state index contributed by atoms with van der Waals surface area (Å²) in [7, 11) is 0. The number of furan rings is 1. The molecule has 0 spiro atoms. The van der Waals surface area contributed by atoms with Crippen LogP contribution in [0.15, 0.2) is 35.1 Å². The first-order valence-electron chi connectivity index (χ1n) is 7.99. The Labute approximate surface area is 140 Å². The summed E-state index contributed by atoms with van der Waals surface area (Å²) in [5.74, 6) is 0.889. The monoisotopic (exact) mass is 331 g/mol. The van der Waals surface area contributed by atoms with Gasteiger partial charge in [0.25, 0.3) is 5.91 Å². The highest BCUT2D eigenvalue weighted by atomic mass is 16.5. The molecule has 1 aliphatic heterocycles. The van der Waals surface area contributed by atoms with Crippen LogP contribution in [0.2, 0.25) is 0 Å². The number of amides is 1. The second-order valence-corrected chi connectivity index (χ2v) is 5.41. The molecule has 0 bridgehead atoms. The van der Waals surface area contributed by atoms with E-state index in [2.05, 4.69) is 25.5 Å². The maximum atomic E-state index is 12.1. The lowest BCUT2D eigenvalue weighted by Crippen LogP contribution is -2.39. The van der Waals surface area contributed by atoms with Gasteiger partial charge in [-0.1, -0.05) is 0 Å². The second-order valence-electron chi connectivity index (χ2n) is 5.41. The number of morpholine rings is 1. The van der Waals surface area contributed by atoms with E-state index in [-0.39, 0.29) is 5.91 Å². The highest BCUT2D eigenvalue weighted by molar-refractivity contribution is 5.92. The summed E-state index contributed by atoms with van der Waals surface area (Å²) in [5, 5.41) is 5.92. The van der Waals surface area contributed by atoms with Crippen LogP contribution in [-0.4, -0.2) is 60.2 Å². The number of nitrogens with one attached hydrogen (secondary N) is 2. The average molecular weight is 331 g/mol. The SMILES string of the molecule is O=C(NCc1ccco1)c1ccnc(NCCN2CCOCC2)n1. The van der Waals surface area contributed by atoms with Gasteiger partial charge in [0.05, 0.1) is 26.0 Å². The van der Waals surface area contributed by atoms with Gasteiger partial charge in [-0.15, -0.1) is 0 Å². The molecule has 1 aliphatic rings. The van der Waals surface area contributed by atoms with Gasteiger partial charge in [-0.2, -0.15) is 0 Å². The van der Waals surface area contributed by atoms with Crippen LogP contribution in [0, 0.1) is 0 Å². The molecule has 0 radical (unpaired) electrons. The van der Waals surface area contributed by atoms with Crippen LogP contribution in [0.5, 0.6) is 0 Å². The van der Waals surface area contributed by atoms with Gasteiger partial charge in [0, 0.05) is 32.4 Å². The Bertz CT molecular complexity index is 641. The lowest BCUT2D eigenvalue weighted by molar-refractivity contribution is 0.0398. The maximum Gasteiger partial charge on any atom is 0.270 e. The molecule has 0 aliphatic carbocycles. The summed E-state index contributed by atoms with van der Waals surface area (Å²) >= 11 is 0. The minimum Gasteiger partial charge on any atom is -0.467 e. The minimum atomic E-state index is -0.259. The first kappa shape index (κ1) is 16.4. The number of nitrogens with zero attached hydrogens (tertiary/aromatic N) is 3. The van der Waals surface area contributed by atoms with Crippen LogP contribution >= 0.6 is 0 Å². The fourth-order valence-electron chi connectivity index (χ4n) is 2.39. The van der Waals surface area contributed by atoms with Gasteiger partial charge in [-0.3, -0.25) is 9.69 Å². The number of hydrogen-bond acceptors (Lipinski definition) is 7. The van der Waals surface area contributed by atoms with Crippen LogP contribution in [0.1, 0.15) is 16.2 Å². The van der Waals surface area contributed by atoms with Crippen molar-refractivity contribution in [3.63, 3.8) is 0 Å². The molecule has 1 saturated heterocycles. The first-order valence-corrected chi connectivity index (χ1v) is 7.99. The van der Waals surface area contributed by atoms with Crippen molar-refractivity contribution in [2.45, 2.75) is 6.54 Å². The number of anilines is 1. The average Bonchev–Trinajstić information content (AvgIpc) is 3.14. The van der Waals surface area contributed by atoms with E-state index in [0.717, 1.165) is 39.4 Å². The zero-order chi connectivity index (χ0) is 16.6. The van der Waals surface area contributed by atoms with Gasteiger partial charge in [0.2, 0.25) is 5.95 Å². The molecular weight excluding hydrogens is 310 g/mol. The Morgan fingerprint density at radius 2 is 2.17 bits per heavy atom. The molecule has 2 aromatic rings. The number of ether oxygens (including phenoxy) is 1. The lowest BCUT2D eigenvalue weighted by Gasteiger charge is -2.26. The van der Waals surface area contributed by atoms with Gasteiger partial charge >= 0.3 is 0 Å². The Morgan fingerprint density at radius 3 is 2.96 bits per heavy atom. The maximum absolute atomic E-state index is 12.1. The van der Waals surface area contributed by atoms with Crippen LogP contribution in [0.4, 0.5) is 5.95 Å². The highest BCUT2D eigenvalue weighted by Gasteiger charge is 2.11. The summed E-state index contributed by atoms with van der Waals surface area (Å²) in [5.41, 5.74) is 0.324. The molecule has 1 amide bonds. The second kappa shape index (κ2) is 8.42. The lowest BCUT2D eigenvalue weighted by atomic mass is 10.3. The summed E-state index contributed by atoms with van der Waals surface area (Å²) < 4.78 is 10.5. The standard InChI is InChI=1S/C16H21N5O3/c22-15(19-12-13-2-1-9-24-13)14-3-4-17-16(20-14)18-5-6-21-7-10-23-11-8-21/h1-4,9H,5-8,10-12H2,(H,19,22)(H,17,18,20). The molecule has 0 aromatic carbocycles. The molecule has 0 unspecified atom stereocenters. The number of carbonyl (C=O) groups is 1. The van der Waals surface area contributed by atoms with E-state index in [9.17, 15) is 4.79 Å². The molecule has 0 atom stereocenters. The molecule has 1 fully saturated rings. The number of hydrogen-bond donors (Lipinski definition) is 2. The molecule has 0 saturated carbocycles. The van der Waals surface area contributed by atoms with E-state index in [4.69, 9.17) is 9.15 Å². The zero-order valence-corrected chi connectivity index (χ0v) is 13.4. The van der Waals surface area contributed by atoms with E-state index < -0.39 is 0 Å². The van der Waals surface area contributed by atoms with Gasteiger partial charge in [-0.05, 0) is 18.2 Å². The highest BCUT2D eigenvalue weighted by Crippen LogP contribution is 2.03. The van der Waals surface area contributed by atoms with Crippen LogP contribution in [0.3, 0.4) is 0 Å². The normalized spacial score (nSPS) is 15.2. The predicted molar refractivity (Wildman–Crippen MR) is 87.7 cm³/mol. The van der Waals surface area contributed by atoms with Gasteiger partial charge in [-0.25, -0.2) is 9.97 Å². The van der Waals surface area contributed by atoms with Crippen molar-refractivity contribution in [1.82, 2.24) is 20.2 Å². The third kappa shape index (κ3) is 4.77. The van der Waals surface area contributed by atoms with Crippen LogP contribution < -0.4 is 10.6 Å². The fourth-order valence-corrected chi connectivity index (χ4v) is 2.39. The van der Waals surface area contributed by atoms with E-state index in [1.165, 1.54) is 0 Å². The number of rotatable bonds is 7. The van der Waals surface area contributed by atoms with Crippen molar-refractivity contribution < 1.29 is 13.9 Å². The predicted octanol–water partition coefficient (Wildman–Crippen LogP) is 0.744. The van der Waals surface area contributed by atoms with Crippen molar-refractivity contribution in [3.8, 4) is 0 Å². The Morgan fingerprint density at radius 1 is 1.29 bits per heavy atom. The molecule has 8 heteroatoms. The minimum absolute atomic E-state index is 0.259. The molecule has 24 heavy (non-hydrogen) atoms. The molecule has 3 heterocycles. The van der Waals surface area contributed by atoms with Gasteiger partial charge < -0.3 is 19.8 Å². The Hall–Kier alpha value is -2.45. The Balaban J connectivity index is 1.46. The Kier molecular flexibility index (Phi) is 5.75. The van der Waals surface area contributed by atoms with Gasteiger partial charge in [0.1, 0.15) is 11.5 Å². The summed E-state index contributed by atoms with van der Waals surface area (Å²) in [6.45, 7) is 5.38. The summed E-state index contributed by atoms with van der Waals surface area (Å²) in [4.78, 5) is 22.8. The quantitative estimate of drug-likeness (QED) is 0.773. The zero-order valence-electron chi connectivity index (χ0n) is 13.4. The van der Waals surface area contributed by atoms with E-state index in [1.807, 2.05) is 0 Å². The molecular formula is C16H21N5O3.